The molecule has 0 aromatic heterocycles. The normalized spacial score (nSPS) is 16.3. The highest BCUT2D eigenvalue weighted by Gasteiger charge is 2.37. The standard InChI is InChI=1S/C20H28N2O5.C7H13BrN2O2/c1-3-27-20(26)16(12-11-15-8-5-4-6-9-15)21-14(2)18(23)22-13-7-10-17(22)19(24)25;1-3-7(8,4-2)5(11)10-6(9)12/h4-6,8-9,14,16-17,21H,3,7,10-13H2,1-2H3,(H,24,25);3-4H2,1-2H3,(H3,9,10,11,12)/t14-,16-,17-;/m0./s1. The predicted octanol–water partition coefficient (Wildman–Crippen LogP) is 2.74. The van der Waals surface area contributed by atoms with E-state index in [9.17, 15) is 29.1 Å². The molecule has 5 N–H and O–H groups in total. The number of ether oxygens (including phenoxy) is 1. The molecule has 1 fully saturated rings. The van der Waals surface area contributed by atoms with Crippen molar-refractivity contribution in [3.63, 3.8) is 0 Å². The molecule has 1 heterocycles. The molecule has 1 aliphatic rings. The molecule has 3 atom stereocenters. The first-order valence-corrected chi connectivity index (χ1v) is 14.0. The minimum absolute atomic E-state index is 0.262. The summed E-state index contributed by atoms with van der Waals surface area (Å²) in [5.41, 5.74) is 5.90. The number of carboxylic acids is 1. The van der Waals surface area contributed by atoms with Crippen LogP contribution < -0.4 is 16.4 Å². The number of nitrogens with one attached hydrogen (secondary N) is 2. The molecule has 1 saturated heterocycles. The van der Waals surface area contributed by atoms with E-state index in [1.54, 1.807) is 13.8 Å². The van der Waals surface area contributed by atoms with Gasteiger partial charge in [0.2, 0.25) is 11.8 Å². The third-order valence-corrected chi connectivity index (χ3v) is 8.02. The highest BCUT2D eigenvalue weighted by Crippen LogP contribution is 2.26. The first-order chi connectivity index (χ1) is 18.4. The lowest BCUT2D eigenvalue weighted by molar-refractivity contribution is -0.150. The number of urea groups is 1. The van der Waals surface area contributed by atoms with Crippen molar-refractivity contribution in [2.45, 2.75) is 88.7 Å². The van der Waals surface area contributed by atoms with Gasteiger partial charge < -0.3 is 20.5 Å². The number of hydrogen-bond donors (Lipinski definition) is 4. The zero-order chi connectivity index (χ0) is 29.6. The SMILES string of the molecule is CCC(Br)(CC)C(=O)NC(N)=O.CCOC(=O)[C@H](CCc1ccccc1)N[C@@H](C)C(=O)N1CCC[C@H]1C(=O)O. The number of alkyl halides is 1. The topological polar surface area (TPSA) is 168 Å². The number of halogens is 1. The predicted molar refractivity (Wildman–Crippen MR) is 150 cm³/mol. The van der Waals surface area contributed by atoms with Gasteiger partial charge in [-0.15, -0.1) is 0 Å². The molecule has 218 valence electrons. The van der Waals surface area contributed by atoms with Crippen molar-refractivity contribution in [3.05, 3.63) is 35.9 Å². The van der Waals surface area contributed by atoms with E-state index in [2.05, 4.69) is 21.2 Å². The number of aliphatic carboxylic acids is 1. The Hall–Kier alpha value is -2.99. The van der Waals surface area contributed by atoms with E-state index in [0.717, 1.165) is 5.56 Å². The molecule has 1 aliphatic heterocycles. The highest BCUT2D eigenvalue weighted by atomic mass is 79.9. The van der Waals surface area contributed by atoms with Crippen LogP contribution in [0.1, 0.15) is 65.4 Å². The first kappa shape index (κ1) is 34.0. The first-order valence-electron chi connectivity index (χ1n) is 13.2. The molecule has 1 aromatic carbocycles. The summed E-state index contributed by atoms with van der Waals surface area (Å²) in [5, 5.41) is 14.4. The van der Waals surface area contributed by atoms with Crippen LogP contribution >= 0.6 is 15.9 Å². The van der Waals surface area contributed by atoms with E-state index in [4.69, 9.17) is 10.5 Å². The van der Waals surface area contributed by atoms with Crippen LogP contribution in [0.4, 0.5) is 4.79 Å². The third-order valence-electron chi connectivity index (χ3n) is 6.54. The number of rotatable bonds is 12. The monoisotopic (exact) mass is 612 g/mol. The van der Waals surface area contributed by atoms with Gasteiger partial charge in [0.1, 0.15) is 16.4 Å². The van der Waals surface area contributed by atoms with Crippen LogP contribution in [0, 0.1) is 0 Å². The van der Waals surface area contributed by atoms with Crippen molar-refractivity contribution < 1.29 is 33.8 Å². The number of amides is 4. The number of likely N-dealkylation sites (tertiary alicyclic amines) is 1. The number of imide groups is 1. The van der Waals surface area contributed by atoms with Crippen LogP contribution in [0.3, 0.4) is 0 Å². The van der Waals surface area contributed by atoms with Gasteiger partial charge in [-0.1, -0.05) is 60.1 Å². The van der Waals surface area contributed by atoms with E-state index in [1.807, 2.05) is 49.5 Å². The van der Waals surface area contributed by atoms with Crippen LogP contribution in [-0.2, 0) is 30.3 Å². The number of nitrogens with zero attached hydrogens (tertiary/aromatic N) is 1. The molecule has 0 aliphatic carbocycles. The Morgan fingerprint density at radius 3 is 2.28 bits per heavy atom. The summed E-state index contributed by atoms with van der Waals surface area (Å²) < 4.78 is 4.47. The van der Waals surface area contributed by atoms with E-state index in [-0.39, 0.29) is 18.4 Å². The quantitative estimate of drug-likeness (QED) is 0.206. The van der Waals surface area contributed by atoms with Crippen LogP contribution in [0.15, 0.2) is 30.3 Å². The third kappa shape index (κ3) is 11.0. The molecule has 12 heteroatoms. The van der Waals surface area contributed by atoms with Gasteiger partial charge in [0.25, 0.3) is 0 Å². The summed E-state index contributed by atoms with van der Waals surface area (Å²) in [6.07, 6.45) is 3.52. The molecule has 0 spiro atoms. The van der Waals surface area contributed by atoms with Gasteiger partial charge in [0.05, 0.1) is 12.6 Å². The molecule has 0 unspecified atom stereocenters. The number of benzene rings is 1. The van der Waals surface area contributed by atoms with Gasteiger partial charge >= 0.3 is 18.0 Å². The Morgan fingerprint density at radius 2 is 1.77 bits per heavy atom. The van der Waals surface area contributed by atoms with Crippen molar-refractivity contribution >= 4 is 45.7 Å². The molecule has 4 amide bonds. The second-order valence-corrected chi connectivity index (χ2v) is 10.8. The van der Waals surface area contributed by atoms with Gasteiger partial charge in [-0.3, -0.25) is 25.0 Å². The second-order valence-electron chi connectivity index (χ2n) is 9.24. The number of hydrogen-bond acceptors (Lipinski definition) is 7. The Bertz CT molecular complexity index is 972. The molecule has 2 rings (SSSR count). The molecular weight excluding hydrogens is 572 g/mol. The van der Waals surface area contributed by atoms with Crippen molar-refractivity contribution in [2.24, 2.45) is 5.73 Å². The summed E-state index contributed by atoms with van der Waals surface area (Å²) in [5.74, 6) is -2.06. The highest BCUT2D eigenvalue weighted by molar-refractivity contribution is 9.10. The van der Waals surface area contributed by atoms with Crippen LogP contribution in [0.25, 0.3) is 0 Å². The summed E-state index contributed by atoms with van der Waals surface area (Å²) in [6.45, 7) is 7.81. The van der Waals surface area contributed by atoms with Gasteiger partial charge in [-0.2, -0.15) is 0 Å². The van der Waals surface area contributed by atoms with E-state index in [0.29, 0.717) is 45.1 Å². The van der Waals surface area contributed by atoms with Gasteiger partial charge in [0.15, 0.2) is 0 Å². The summed E-state index contributed by atoms with van der Waals surface area (Å²) in [4.78, 5) is 59.4. The van der Waals surface area contributed by atoms with E-state index >= 15 is 0 Å². The maximum absolute atomic E-state index is 12.7. The Labute approximate surface area is 238 Å². The van der Waals surface area contributed by atoms with Crippen LogP contribution in [0.2, 0.25) is 0 Å². The number of carboxylic acid groups (broad SMARTS) is 1. The molecular formula is C27H41BrN4O7. The lowest BCUT2D eigenvalue weighted by Crippen LogP contribution is -2.53. The molecule has 0 radical (unpaired) electrons. The summed E-state index contributed by atoms with van der Waals surface area (Å²) in [6, 6.07) is 6.88. The summed E-state index contributed by atoms with van der Waals surface area (Å²) >= 11 is 3.26. The van der Waals surface area contributed by atoms with E-state index < -0.39 is 40.4 Å². The molecule has 39 heavy (non-hydrogen) atoms. The van der Waals surface area contributed by atoms with Crippen molar-refractivity contribution in [1.29, 1.82) is 0 Å². The van der Waals surface area contributed by atoms with Crippen molar-refractivity contribution in [2.75, 3.05) is 13.2 Å². The fourth-order valence-corrected chi connectivity index (χ4v) is 4.27. The lowest BCUT2D eigenvalue weighted by atomic mass is 10.0. The zero-order valence-corrected chi connectivity index (χ0v) is 24.7. The number of carbonyl (C=O) groups is 5. The zero-order valence-electron chi connectivity index (χ0n) is 23.1. The number of primary amides is 1. The van der Waals surface area contributed by atoms with E-state index in [1.165, 1.54) is 4.90 Å². The van der Waals surface area contributed by atoms with Crippen molar-refractivity contribution in [3.8, 4) is 0 Å². The van der Waals surface area contributed by atoms with Crippen LogP contribution in [0.5, 0.6) is 0 Å². The lowest BCUT2D eigenvalue weighted by Gasteiger charge is -2.27. The Morgan fingerprint density at radius 1 is 1.15 bits per heavy atom. The van der Waals surface area contributed by atoms with Gasteiger partial charge in [-0.25, -0.2) is 9.59 Å². The maximum Gasteiger partial charge on any atom is 0.326 e. The van der Waals surface area contributed by atoms with Crippen LogP contribution in [-0.4, -0.2) is 75.4 Å². The molecule has 11 nitrogen and oxygen atoms in total. The fraction of sp³-hybridized carbons (Fsp3) is 0.593. The minimum atomic E-state index is -0.987. The fourth-order valence-electron chi connectivity index (χ4n) is 4.17. The Balaban J connectivity index is 0.000000534. The number of carbonyl (C=O) groups excluding carboxylic acids is 4. The minimum Gasteiger partial charge on any atom is -0.480 e. The summed E-state index contributed by atoms with van der Waals surface area (Å²) in [7, 11) is 0. The number of esters is 1. The molecule has 0 bridgehead atoms. The smallest absolute Gasteiger partial charge is 0.326 e. The Kier molecular flexibility index (Phi) is 14.7. The average Bonchev–Trinajstić information content (AvgIpc) is 3.41. The van der Waals surface area contributed by atoms with Gasteiger partial charge in [0, 0.05) is 6.54 Å². The molecule has 1 aromatic rings. The maximum atomic E-state index is 12.7. The largest absolute Gasteiger partial charge is 0.480 e. The number of aryl methyl sites for hydroxylation is 1. The second kappa shape index (κ2) is 16.9. The molecule has 0 saturated carbocycles. The number of nitrogens with two attached hydrogens (primary N) is 1. The van der Waals surface area contributed by atoms with Gasteiger partial charge in [-0.05, 0) is 57.9 Å². The average molecular weight is 614 g/mol. The van der Waals surface area contributed by atoms with Crippen molar-refractivity contribution in [1.82, 2.24) is 15.5 Å².